The van der Waals surface area contributed by atoms with Gasteiger partial charge in [0.1, 0.15) is 0 Å². The molecular formula is C31H32FeNOP. The molecule has 3 aromatic carbocycles. The first-order chi connectivity index (χ1) is 16.8. The van der Waals surface area contributed by atoms with Gasteiger partial charge in [-0.05, 0) is 14.1 Å². The van der Waals surface area contributed by atoms with Crippen molar-refractivity contribution < 1.29 is 11.1 Å². The van der Waals surface area contributed by atoms with E-state index in [-0.39, 0.29) is 0 Å². The summed E-state index contributed by atoms with van der Waals surface area (Å²) in [5.74, 6) is 0. The Morgan fingerprint density at radius 2 is 1.14 bits per heavy atom. The standard InChI is InChI=1S/C24H20OP.C5H5.C2H7N.Fe/c1-19-11-10-17-22(19)23-16-8-9-18-24(23)26(25,20-12-4-2-5-13-20)21-14-6-3-7-15-21;1-2-4-5-3-1;1-3-2;/h2-18H,1H3;1-5H;3H,1-2H3;. The predicted molar refractivity (Wildman–Crippen MR) is 141 cm³/mol. The third-order valence-electron chi connectivity index (χ3n) is 19.5. The van der Waals surface area contributed by atoms with Gasteiger partial charge in [-0.2, -0.15) is 0 Å². The molecule has 1 spiro atoms. The number of benzene rings is 3. The number of fused-ring (bicyclic) bond motifs is 10. The third kappa shape index (κ3) is 0.391. The van der Waals surface area contributed by atoms with E-state index >= 15 is 4.57 Å². The Labute approximate surface area is 197 Å². The maximum atomic E-state index is 15.5. The van der Waals surface area contributed by atoms with Crippen molar-refractivity contribution in [2.24, 2.45) is 0 Å². The number of rotatable bonds is 4. The molecule has 10 saturated heterocycles. The Hall–Kier alpha value is -1.63. The molecule has 35 heavy (non-hydrogen) atoms. The van der Waals surface area contributed by atoms with Crippen LogP contribution in [-0.2, 0) is 15.4 Å². The summed E-state index contributed by atoms with van der Waals surface area (Å²) in [7, 11) is 0.828. The van der Waals surface area contributed by atoms with E-state index in [4.69, 9.17) is 0 Å². The van der Waals surface area contributed by atoms with Crippen LogP contribution in [0.2, 0.25) is 42.8 Å². The molecule has 10 heterocycles. The molecule has 0 saturated carbocycles. The molecule has 2 nitrogen and oxygen atoms in total. The first-order valence-corrected chi connectivity index (χ1v) is 21.3. The summed E-state index contributed by atoms with van der Waals surface area (Å²) in [6, 6.07) is 30.1. The summed E-state index contributed by atoms with van der Waals surface area (Å²) in [5.41, 5.74) is 1.61. The minimum atomic E-state index is -3.53. The van der Waals surface area contributed by atoms with Gasteiger partial charge in [0.15, 0.2) is 0 Å². The van der Waals surface area contributed by atoms with Crippen molar-refractivity contribution >= 4 is 23.1 Å². The summed E-state index contributed by atoms with van der Waals surface area (Å²) in [6.07, 6.45) is 0. The predicted octanol–water partition coefficient (Wildman–Crippen LogP) is 6.35. The van der Waals surface area contributed by atoms with Gasteiger partial charge >= 0.3 is 179 Å². The molecule has 0 aliphatic carbocycles. The van der Waals surface area contributed by atoms with E-state index in [0.717, 1.165) is 19.7 Å². The van der Waals surface area contributed by atoms with Crippen LogP contribution in [-0.4, -0.2) is 14.1 Å². The molecule has 10 fully saturated rings. The second-order valence-electron chi connectivity index (χ2n) is 15.4. The van der Waals surface area contributed by atoms with Gasteiger partial charge in [-0.25, -0.2) is 0 Å². The van der Waals surface area contributed by atoms with Gasteiger partial charge in [-0.1, -0.05) is 0 Å². The molecule has 1 N–H and O–H groups in total. The van der Waals surface area contributed by atoms with Crippen molar-refractivity contribution in [2.75, 3.05) is 14.1 Å². The zero-order chi connectivity index (χ0) is 23.4. The molecule has 0 radical (unpaired) electrons. The summed E-state index contributed by atoms with van der Waals surface area (Å²) in [5, 5.41) is 5.98. The van der Waals surface area contributed by atoms with Crippen molar-refractivity contribution in [3.8, 4) is 0 Å². The van der Waals surface area contributed by atoms with Crippen molar-refractivity contribution in [1.29, 1.82) is 0 Å². The van der Waals surface area contributed by atoms with Crippen molar-refractivity contribution in [3.05, 3.63) is 90.5 Å². The van der Waals surface area contributed by atoms with Crippen LogP contribution in [0.1, 0.15) is 12.5 Å². The van der Waals surface area contributed by atoms with Crippen LogP contribution in [0.5, 0.6) is 0 Å². The van der Waals surface area contributed by atoms with E-state index in [0.29, 0.717) is 4.31 Å². The molecule has 3 aromatic rings. The summed E-state index contributed by atoms with van der Waals surface area (Å²) >= 11 is 0. The van der Waals surface area contributed by atoms with Crippen LogP contribution < -0.4 is 21.2 Å². The summed E-state index contributed by atoms with van der Waals surface area (Å²) in [6.45, 7) is -0.722. The normalized spacial score (nSPS) is 65.8. The Kier molecular flexibility index (Phi) is 1.28. The van der Waals surface area contributed by atoms with Crippen LogP contribution >= 0.6 is 7.14 Å². The zero-order valence-electron chi connectivity index (χ0n) is 20.4. The van der Waals surface area contributed by atoms with Crippen molar-refractivity contribution in [3.63, 3.8) is 0 Å². The van der Waals surface area contributed by atoms with Gasteiger partial charge in [0.2, 0.25) is 0 Å². The number of hydrogen-bond acceptors (Lipinski definition) is 2. The first-order valence-electron chi connectivity index (χ1n) is 13.4. The molecule has 13 rings (SSSR count). The fourth-order valence-electron chi connectivity index (χ4n) is 21.2. The van der Waals surface area contributed by atoms with Crippen LogP contribution in [0.4, 0.5) is 0 Å². The molecular weight excluding hydrogens is 489 g/mol. The molecule has 10 aliphatic heterocycles. The Morgan fingerprint density at radius 1 is 0.686 bits per heavy atom. The molecule has 0 bridgehead atoms. The van der Waals surface area contributed by atoms with E-state index in [2.05, 4.69) is 97.2 Å². The maximum absolute atomic E-state index is 15.5. The average molecular weight is 521 g/mol. The fraction of sp³-hybridized carbons (Fsp3) is 0.419. The topological polar surface area (TPSA) is 29.1 Å². The molecule has 180 valence electrons. The molecule has 5 atom stereocenters. The zero-order valence-corrected chi connectivity index (χ0v) is 22.4. The second kappa shape index (κ2) is 2.52. The number of hydrogen-bond donors (Lipinski definition) is 1. The van der Waals surface area contributed by atoms with Crippen LogP contribution in [0, 0.1) is 0 Å². The fourth-order valence-corrected chi connectivity index (χ4v) is 101. The van der Waals surface area contributed by atoms with Gasteiger partial charge in [0.25, 0.3) is 0 Å². The van der Waals surface area contributed by atoms with E-state index < -0.39 is 13.7 Å². The molecule has 4 unspecified atom stereocenters. The second-order valence-corrected chi connectivity index (χ2v) is 41.6. The SMILES string of the molecule is CNC.C[C@@]12[CH]3[CH]4[CH]5[C]1(c1ccccc1P(=O)(c1ccccc1)c1ccccc1)[Fe]45321678[CH]2[CH]1[CH]6[CH]7[CH]28. The Morgan fingerprint density at radius 3 is 1.51 bits per heavy atom. The minimum absolute atomic E-state index is 0.557. The van der Waals surface area contributed by atoms with E-state index in [1.807, 2.05) is 14.1 Å². The van der Waals surface area contributed by atoms with Gasteiger partial charge < -0.3 is 5.32 Å². The van der Waals surface area contributed by atoms with Gasteiger partial charge in [0, 0.05) is 0 Å². The van der Waals surface area contributed by atoms with E-state index in [1.165, 1.54) is 39.0 Å². The van der Waals surface area contributed by atoms with Gasteiger partial charge in [0.05, 0.1) is 0 Å². The average Bonchev–Trinajstić information content (AvgIpc) is 3.86. The molecule has 0 amide bonds. The summed E-state index contributed by atoms with van der Waals surface area (Å²) in [4.78, 5) is 9.90. The first kappa shape index (κ1) is 17.8. The van der Waals surface area contributed by atoms with Crippen LogP contribution in [0.25, 0.3) is 0 Å². The van der Waals surface area contributed by atoms with Crippen molar-refractivity contribution in [2.45, 2.75) is 54.1 Å². The van der Waals surface area contributed by atoms with Crippen LogP contribution in [0.3, 0.4) is 0 Å². The molecule has 4 heteroatoms. The van der Waals surface area contributed by atoms with Gasteiger partial charge in [-0.3, -0.25) is 0 Å². The Bertz CT molecular complexity index is 1930. The quantitative estimate of drug-likeness (QED) is 0.321. The Balaban J connectivity index is 0.000000521. The van der Waals surface area contributed by atoms with Crippen LogP contribution in [0.15, 0.2) is 84.9 Å². The molecule has 0 aromatic heterocycles. The van der Waals surface area contributed by atoms with E-state index in [1.54, 1.807) is 5.56 Å². The van der Waals surface area contributed by atoms with Gasteiger partial charge in [-0.15, -0.1) is 0 Å². The molecule has 10 aliphatic rings. The summed E-state index contributed by atoms with van der Waals surface area (Å²) < 4.78 is 16.8. The van der Waals surface area contributed by atoms with Crippen molar-refractivity contribution in [1.82, 2.24) is 5.32 Å². The number of nitrogens with one attached hydrogen (secondary N) is 1. The third-order valence-corrected chi connectivity index (χ3v) is 66.8. The van der Waals surface area contributed by atoms with E-state index in [9.17, 15) is 0 Å². The monoisotopic (exact) mass is 521 g/mol.